The van der Waals surface area contributed by atoms with Crippen LogP contribution in [-0.2, 0) is 7.05 Å². The van der Waals surface area contributed by atoms with Crippen molar-refractivity contribution >= 4 is 18.5 Å². The molecule has 0 radical (unpaired) electrons. The smallest absolute Gasteiger partial charge is 0.267 e. The van der Waals surface area contributed by atoms with Crippen molar-refractivity contribution in [3.63, 3.8) is 0 Å². The van der Waals surface area contributed by atoms with E-state index in [0.717, 1.165) is 11.1 Å². The van der Waals surface area contributed by atoms with Crippen LogP contribution < -0.4 is 5.32 Å². The molecule has 0 aliphatic carbocycles. The molecule has 2 aromatic rings. The van der Waals surface area contributed by atoms with Crippen LogP contribution in [0.15, 0.2) is 36.5 Å². The lowest BCUT2D eigenvalue weighted by atomic mass is 10.1. The van der Waals surface area contributed by atoms with Gasteiger partial charge in [-0.1, -0.05) is 29.8 Å². The molecule has 0 atom stereocenters. The van der Waals surface area contributed by atoms with Gasteiger partial charge in [-0.15, -0.1) is 0 Å². The molecule has 0 fully saturated rings. The summed E-state index contributed by atoms with van der Waals surface area (Å²) < 4.78 is 1.64. The molecule has 4 heteroatoms. The number of hydrogen-bond acceptors (Lipinski definition) is 2. The first kappa shape index (κ1) is 15.7. The van der Waals surface area contributed by atoms with Crippen LogP contribution in [0.5, 0.6) is 0 Å². The van der Waals surface area contributed by atoms with Gasteiger partial charge in [-0.2, -0.15) is 12.6 Å². The molecule has 0 saturated carbocycles. The Morgan fingerprint density at radius 3 is 2.43 bits per heavy atom. The second kappa shape index (κ2) is 5.98. The zero-order chi connectivity index (χ0) is 15.6. The van der Waals surface area contributed by atoms with Gasteiger partial charge in [-0.3, -0.25) is 4.79 Å². The summed E-state index contributed by atoms with van der Waals surface area (Å²) in [6.07, 6.45) is 1.98. The van der Waals surface area contributed by atoms with Crippen molar-refractivity contribution in [1.29, 1.82) is 0 Å². The molecule has 2 rings (SSSR count). The Kier molecular flexibility index (Phi) is 4.47. The second-order valence-corrected chi connectivity index (χ2v) is 7.30. The highest BCUT2D eigenvalue weighted by molar-refractivity contribution is 7.81. The van der Waals surface area contributed by atoms with Crippen LogP contribution in [0.2, 0.25) is 0 Å². The molecule has 1 aromatic carbocycles. The van der Waals surface area contributed by atoms with Gasteiger partial charge in [-0.25, -0.2) is 0 Å². The third kappa shape index (κ3) is 4.14. The standard InChI is InChI=1S/C17H22N2OS/c1-12-5-7-13(8-6-12)14-9-15(19(4)10-14)16(20)18-11-17(2,3)21/h5-10,21H,11H2,1-4H3,(H,18,20). The van der Waals surface area contributed by atoms with E-state index in [1.165, 1.54) is 5.56 Å². The maximum atomic E-state index is 12.2. The van der Waals surface area contributed by atoms with Crippen molar-refractivity contribution in [2.24, 2.45) is 7.05 Å². The van der Waals surface area contributed by atoms with E-state index >= 15 is 0 Å². The fourth-order valence-corrected chi connectivity index (χ4v) is 2.16. The summed E-state index contributed by atoms with van der Waals surface area (Å²) in [6.45, 7) is 6.53. The van der Waals surface area contributed by atoms with Crippen LogP contribution in [0.3, 0.4) is 0 Å². The minimum atomic E-state index is -0.222. The first-order chi connectivity index (χ1) is 9.76. The number of benzene rings is 1. The number of carbonyl (C=O) groups is 1. The molecule has 1 N–H and O–H groups in total. The largest absolute Gasteiger partial charge is 0.349 e. The Hall–Kier alpha value is -1.68. The summed E-state index contributed by atoms with van der Waals surface area (Å²) in [5.41, 5.74) is 4.05. The molecule has 0 aliphatic heterocycles. The molecule has 0 bridgehead atoms. The summed E-state index contributed by atoms with van der Waals surface area (Å²) in [5.74, 6) is -0.0713. The molecule has 1 heterocycles. The third-order valence-electron chi connectivity index (χ3n) is 3.30. The highest BCUT2D eigenvalue weighted by Gasteiger charge is 2.16. The number of thiol groups is 1. The lowest BCUT2D eigenvalue weighted by molar-refractivity contribution is 0.0943. The Morgan fingerprint density at radius 1 is 1.24 bits per heavy atom. The molecule has 0 spiro atoms. The SMILES string of the molecule is Cc1ccc(-c2cc(C(=O)NCC(C)(C)S)n(C)c2)cc1. The van der Waals surface area contributed by atoms with Crippen LogP contribution in [0.1, 0.15) is 29.9 Å². The number of carbonyl (C=O) groups excluding carboxylic acids is 1. The number of hydrogen-bond donors (Lipinski definition) is 2. The van der Waals surface area contributed by atoms with Crippen molar-refractivity contribution in [3.05, 3.63) is 47.8 Å². The minimum absolute atomic E-state index is 0.0713. The van der Waals surface area contributed by atoms with Crippen molar-refractivity contribution < 1.29 is 4.79 Å². The van der Waals surface area contributed by atoms with Gasteiger partial charge in [0.15, 0.2) is 0 Å². The number of aromatic nitrogens is 1. The molecule has 3 nitrogen and oxygen atoms in total. The van der Waals surface area contributed by atoms with Crippen molar-refractivity contribution in [1.82, 2.24) is 9.88 Å². The van der Waals surface area contributed by atoms with Gasteiger partial charge in [0, 0.05) is 30.1 Å². The average Bonchev–Trinajstić information content (AvgIpc) is 2.78. The van der Waals surface area contributed by atoms with E-state index in [1.807, 2.05) is 37.7 Å². The van der Waals surface area contributed by atoms with Crippen LogP contribution in [0, 0.1) is 6.92 Å². The summed E-state index contributed by atoms with van der Waals surface area (Å²) in [6, 6.07) is 10.2. The Bertz CT molecular complexity index is 636. The summed E-state index contributed by atoms with van der Waals surface area (Å²) >= 11 is 4.42. The molecule has 0 aliphatic rings. The zero-order valence-electron chi connectivity index (χ0n) is 13.0. The minimum Gasteiger partial charge on any atom is -0.349 e. The average molecular weight is 302 g/mol. The monoisotopic (exact) mass is 302 g/mol. The number of rotatable bonds is 4. The van der Waals surface area contributed by atoms with Crippen LogP contribution in [0.25, 0.3) is 11.1 Å². The second-order valence-electron chi connectivity index (χ2n) is 6.09. The van der Waals surface area contributed by atoms with Gasteiger partial charge in [0.25, 0.3) is 5.91 Å². The fourth-order valence-electron chi connectivity index (χ4n) is 2.08. The van der Waals surface area contributed by atoms with E-state index in [1.54, 1.807) is 0 Å². The molecule has 1 amide bonds. The maximum absolute atomic E-state index is 12.2. The number of nitrogens with zero attached hydrogens (tertiary/aromatic N) is 1. The number of amides is 1. The van der Waals surface area contributed by atoms with E-state index in [0.29, 0.717) is 12.2 Å². The molecule has 21 heavy (non-hydrogen) atoms. The van der Waals surface area contributed by atoms with Crippen molar-refractivity contribution in [3.8, 4) is 11.1 Å². The summed E-state index contributed by atoms with van der Waals surface area (Å²) in [4.78, 5) is 12.2. The van der Waals surface area contributed by atoms with E-state index in [2.05, 4.69) is 49.1 Å². The predicted octanol–water partition coefficient (Wildman–Crippen LogP) is 3.44. The highest BCUT2D eigenvalue weighted by atomic mass is 32.1. The van der Waals surface area contributed by atoms with E-state index in [9.17, 15) is 4.79 Å². The van der Waals surface area contributed by atoms with Gasteiger partial charge in [0.05, 0.1) is 0 Å². The quantitative estimate of drug-likeness (QED) is 0.834. The maximum Gasteiger partial charge on any atom is 0.267 e. The Labute approximate surface area is 131 Å². The Balaban J connectivity index is 2.19. The molecule has 0 unspecified atom stereocenters. The molecule has 0 saturated heterocycles. The highest BCUT2D eigenvalue weighted by Crippen LogP contribution is 2.22. The van der Waals surface area contributed by atoms with Gasteiger partial charge in [0.2, 0.25) is 0 Å². The summed E-state index contributed by atoms with van der Waals surface area (Å²) in [7, 11) is 1.89. The third-order valence-corrected chi connectivity index (χ3v) is 3.46. The van der Waals surface area contributed by atoms with Crippen LogP contribution in [0.4, 0.5) is 0 Å². The van der Waals surface area contributed by atoms with Crippen LogP contribution in [-0.4, -0.2) is 21.8 Å². The zero-order valence-corrected chi connectivity index (χ0v) is 13.9. The van der Waals surface area contributed by atoms with Gasteiger partial charge < -0.3 is 9.88 Å². The topological polar surface area (TPSA) is 34.0 Å². The lowest BCUT2D eigenvalue weighted by Crippen LogP contribution is -2.35. The van der Waals surface area contributed by atoms with E-state index in [-0.39, 0.29) is 10.7 Å². The molecule has 112 valence electrons. The van der Waals surface area contributed by atoms with Gasteiger partial charge >= 0.3 is 0 Å². The Morgan fingerprint density at radius 2 is 1.86 bits per heavy atom. The van der Waals surface area contributed by atoms with E-state index in [4.69, 9.17) is 0 Å². The van der Waals surface area contributed by atoms with Gasteiger partial charge in [0.1, 0.15) is 5.69 Å². The fraction of sp³-hybridized carbons (Fsp3) is 0.353. The molecule has 1 aromatic heterocycles. The number of nitrogens with one attached hydrogen (secondary N) is 1. The van der Waals surface area contributed by atoms with Crippen LogP contribution >= 0.6 is 12.6 Å². The number of aryl methyl sites for hydroxylation is 2. The predicted molar refractivity (Wildman–Crippen MR) is 91.0 cm³/mol. The van der Waals surface area contributed by atoms with Crippen molar-refractivity contribution in [2.45, 2.75) is 25.5 Å². The van der Waals surface area contributed by atoms with Gasteiger partial charge in [-0.05, 0) is 32.4 Å². The van der Waals surface area contributed by atoms with Crippen molar-refractivity contribution in [2.75, 3.05) is 6.54 Å². The van der Waals surface area contributed by atoms with E-state index < -0.39 is 0 Å². The molecular formula is C17H22N2OS. The first-order valence-electron chi connectivity index (χ1n) is 7.00. The normalized spacial score (nSPS) is 11.5. The summed E-state index contributed by atoms with van der Waals surface area (Å²) in [5, 5.41) is 2.92. The molecular weight excluding hydrogens is 280 g/mol. The lowest BCUT2D eigenvalue weighted by Gasteiger charge is -2.17. The first-order valence-corrected chi connectivity index (χ1v) is 7.45.